The molecule has 0 aliphatic rings. The molecule has 0 radical (unpaired) electrons. The van der Waals surface area contributed by atoms with E-state index in [2.05, 4.69) is 11.9 Å². The van der Waals surface area contributed by atoms with E-state index in [9.17, 15) is 18.8 Å². The standard InChI is InChI=1S/C19H24FNO6/c1-5-10-27-16-11-14(8-9-15(16)20)12-19(21-13(4)22,17(23)25-6-2)18(24)26-7-3/h5,8-9,11H,1,6-7,10,12H2,2-4H3,(H,21,22). The SMILES string of the molecule is C=CCOc1cc(CC(NC(C)=O)(C(=O)OCC)C(=O)OCC)ccc1F. The largest absolute Gasteiger partial charge is 0.486 e. The van der Waals surface area contributed by atoms with Gasteiger partial charge in [0.25, 0.3) is 0 Å². The van der Waals surface area contributed by atoms with E-state index in [1.54, 1.807) is 13.8 Å². The second kappa shape index (κ2) is 10.3. The third-order valence-electron chi connectivity index (χ3n) is 3.46. The van der Waals surface area contributed by atoms with Gasteiger partial charge >= 0.3 is 11.9 Å². The Bertz CT molecular complexity index is 685. The van der Waals surface area contributed by atoms with Gasteiger partial charge in [-0.15, -0.1) is 0 Å². The lowest BCUT2D eigenvalue weighted by Crippen LogP contribution is -2.62. The number of hydrogen-bond donors (Lipinski definition) is 1. The molecule has 1 amide bonds. The molecule has 0 atom stereocenters. The second-order valence-corrected chi connectivity index (χ2v) is 5.57. The van der Waals surface area contributed by atoms with Crippen LogP contribution in [0.5, 0.6) is 5.75 Å². The number of benzene rings is 1. The number of amides is 1. The molecule has 148 valence electrons. The van der Waals surface area contributed by atoms with Gasteiger partial charge in [-0.25, -0.2) is 14.0 Å². The fraction of sp³-hybridized carbons (Fsp3) is 0.421. The lowest BCUT2D eigenvalue weighted by molar-refractivity contribution is -0.168. The zero-order valence-electron chi connectivity index (χ0n) is 15.7. The molecule has 1 aromatic rings. The molecule has 0 aliphatic carbocycles. The Morgan fingerprint density at radius 2 is 1.78 bits per heavy atom. The zero-order chi connectivity index (χ0) is 20.4. The highest BCUT2D eigenvalue weighted by Gasteiger charge is 2.50. The highest BCUT2D eigenvalue weighted by atomic mass is 19.1. The van der Waals surface area contributed by atoms with Gasteiger partial charge in [-0.05, 0) is 31.5 Å². The van der Waals surface area contributed by atoms with Gasteiger partial charge in [0.05, 0.1) is 13.2 Å². The van der Waals surface area contributed by atoms with E-state index >= 15 is 0 Å². The summed E-state index contributed by atoms with van der Waals surface area (Å²) in [5, 5.41) is 2.35. The van der Waals surface area contributed by atoms with Gasteiger partial charge in [-0.3, -0.25) is 4.79 Å². The van der Waals surface area contributed by atoms with E-state index in [0.717, 1.165) is 13.0 Å². The number of carbonyl (C=O) groups is 3. The molecule has 8 heteroatoms. The number of nitrogens with one attached hydrogen (secondary N) is 1. The molecule has 1 N–H and O–H groups in total. The molecule has 0 aliphatic heterocycles. The van der Waals surface area contributed by atoms with Crippen LogP contribution in [0.1, 0.15) is 26.3 Å². The van der Waals surface area contributed by atoms with E-state index in [-0.39, 0.29) is 32.0 Å². The summed E-state index contributed by atoms with van der Waals surface area (Å²) in [6.07, 6.45) is 1.15. The molecule has 0 bridgehead atoms. The molecule has 0 unspecified atom stereocenters. The minimum atomic E-state index is -2.09. The van der Waals surface area contributed by atoms with Gasteiger partial charge in [0.1, 0.15) is 6.61 Å². The normalized spacial score (nSPS) is 10.7. The summed E-state index contributed by atoms with van der Waals surface area (Å²) in [5.74, 6) is -3.23. The lowest BCUT2D eigenvalue weighted by atomic mass is 9.90. The average Bonchev–Trinajstić information content (AvgIpc) is 2.61. The first-order valence-corrected chi connectivity index (χ1v) is 8.46. The molecule has 0 heterocycles. The van der Waals surface area contributed by atoms with Gasteiger partial charge in [-0.2, -0.15) is 0 Å². The molecule has 0 fully saturated rings. The van der Waals surface area contributed by atoms with Crippen LogP contribution in [-0.4, -0.2) is 43.2 Å². The number of halogens is 1. The molecular formula is C19H24FNO6. The van der Waals surface area contributed by atoms with Gasteiger partial charge in [0, 0.05) is 13.3 Å². The van der Waals surface area contributed by atoms with Gasteiger partial charge in [0.15, 0.2) is 11.6 Å². The van der Waals surface area contributed by atoms with Crippen LogP contribution in [0.3, 0.4) is 0 Å². The molecule has 0 spiro atoms. The molecule has 7 nitrogen and oxygen atoms in total. The van der Waals surface area contributed by atoms with Crippen molar-refractivity contribution in [3.8, 4) is 5.75 Å². The molecule has 27 heavy (non-hydrogen) atoms. The molecule has 1 rings (SSSR count). The summed E-state index contributed by atoms with van der Waals surface area (Å²) in [6, 6.07) is 3.86. The summed E-state index contributed by atoms with van der Waals surface area (Å²) < 4.78 is 29.1. The maximum atomic E-state index is 13.9. The number of esters is 2. The third kappa shape index (κ3) is 5.80. The van der Waals surface area contributed by atoms with Crippen LogP contribution >= 0.6 is 0 Å². The second-order valence-electron chi connectivity index (χ2n) is 5.57. The number of ether oxygens (including phenoxy) is 3. The fourth-order valence-electron chi connectivity index (χ4n) is 2.41. The molecule has 0 aromatic heterocycles. The van der Waals surface area contributed by atoms with Crippen molar-refractivity contribution in [3.63, 3.8) is 0 Å². The predicted octanol–water partition coefficient (Wildman–Crippen LogP) is 1.93. The van der Waals surface area contributed by atoms with Crippen LogP contribution in [0.25, 0.3) is 0 Å². The molecule has 0 saturated heterocycles. The summed E-state index contributed by atoms with van der Waals surface area (Å²) in [6.45, 7) is 7.86. The molecule has 0 saturated carbocycles. The summed E-state index contributed by atoms with van der Waals surface area (Å²) in [5.41, 5.74) is -1.73. The highest BCUT2D eigenvalue weighted by molar-refractivity contribution is 6.08. The molecular weight excluding hydrogens is 357 g/mol. The van der Waals surface area contributed by atoms with E-state index in [0.29, 0.717) is 5.56 Å². The van der Waals surface area contributed by atoms with E-state index < -0.39 is 29.2 Å². The Morgan fingerprint density at radius 3 is 2.26 bits per heavy atom. The minimum absolute atomic E-state index is 0.00329. The Morgan fingerprint density at radius 1 is 1.19 bits per heavy atom. The van der Waals surface area contributed by atoms with Crippen molar-refractivity contribution in [3.05, 3.63) is 42.2 Å². The fourth-order valence-corrected chi connectivity index (χ4v) is 2.41. The van der Waals surface area contributed by atoms with Crippen LogP contribution in [0, 0.1) is 5.82 Å². The van der Waals surface area contributed by atoms with Crippen LogP contribution in [0.4, 0.5) is 4.39 Å². The minimum Gasteiger partial charge on any atom is -0.486 e. The number of rotatable bonds is 10. The van der Waals surface area contributed by atoms with E-state index in [1.807, 2.05) is 0 Å². The van der Waals surface area contributed by atoms with Crippen LogP contribution in [0.2, 0.25) is 0 Å². The maximum Gasteiger partial charge on any atom is 0.344 e. The quantitative estimate of drug-likeness (QED) is 0.378. The van der Waals surface area contributed by atoms with Crippen molar-refractivity contribution in [1.82, 2.24) is 5.32 Å². The Balaban J connectivity index is 3.37. The first kappa shape index (κ1) is 22.1. The Kier molecular flexibility index (Phi) is 8.44. The predicted molar refractivity (Wildman–Crippen MR) is 95.6 cm³/mol. The Hall–Kier alpha value is -2.90. The van der Waals surface area contributed by atoms with Gasteiger partial charge in [0.2, 0.25) is 11.4 Å². The van der Waals surface area contributed by atoms with Crippen molar-refractivity contribution in [2.75, 3.05) is 19.8 Å². The number of hydrogen-bond acceptors (Lipinski definition) is 6. The van der Waals surface area contributed by atoms with Crippen molar-refractivity contribution >= 4 is 17.8 Å². The third-order valence-corrected chi connectivity index (χ3v) is 3.46. The average molecular weight is 381 g/mol. The summed E-state index contributed by atoms with van der Waals surface area (Å²) in [4.78, 5) is 36.9. The maximum absolute atomic E-state index is 13.9. The van der Waals surface area contributed by atoms with Crippen molar-refractivity contribution < 1.29 is 33.0 Å². The van der Waals surface area contributed by atoms with E-state index in [1.165, 1.54) is 18.2 Å². The first-order chi connectivity index (χ1) is 12.8. The first-order valence-electron chi connectivity index (χ1n) is 8.46. The Labute approximate surface area is 157 Å². The smallest absolute Gasteiger partial charge is 0.344 e. The van der Waals surface area contributed by atoms with Crippen molar-refractivity contribution in [2.45, 2.75) is 32.7 Å². The van der Waals surface area contributed by atoms with Crippen LogP contribution in [-0.2, 0) is 30.3 Å². The van der Waals surface area contributed by atoms with Gasteiger partial charge in [-0.1, -0.05) is 18.7 Å². The van der Waals surface area contributed by atoms with Crippen LogP contribution in [0.15, 0.2) is 30.9 Å². The van der Waals surface area contributed by atoms with Gasteiger partial charge < -0.3 is 19.5 Å². The van der Waals surface area contributed by atoms with Crippen LogP contribution < -0.4 is 10.1 Å². The summed E-state index contributed by atoms with van der Waals surface area (Å²) >= 11 is 0. The summed E-state index contributed by atoms with van der Waals surface area (Å²) in [7, 11) is 0. The monoisotopic (exact) mass is 381 g/mol. The van der Waals surface area contributed by atoms with E-state index in [4.69, 9.17) is 14.2 Å². The zero-order valence-corrected chi connectivity index (χ0v) is 15.7. The molecule has 1 aromatic carbocycles. The van der Waals surface area contributed by atoms with Crippen molar-refractivity contribution in [1.29, 1.82) is 0 Å². The topological polar surface area (TPSA) is 90.9 Å². The lowest BCUT2D eigenvalue weighted by Gasteiger charge is -2.29. The highest BCUT2D eigenvalue weighted by Crippen LogP contribution is 2.24. The number of carbonyl (C=O) groups excluding carboxylic acids is 3. The van der Waals surface area contributed by atoms with Crippen molar-refractivity contribution in [2.24, 2.45) is 0 Å².